The van der Waals surface area contributed by atoms with Crippen LogP contribution in [-0.2, 0) is 4.74 Å². The fourth-order valence-corrected chi connectivity index (χ4v) is 2.55. The van der Waals surface area contributed by atoms with E-state index in [1.165, 1.54) is 19.3 Å². The molecule has 0 bridgehead atoms. The van der Waals surface area contributed by atoms with Gasteiger partial charge in [0.25, 0.3) is 0 Å². The molecule has 0 radical (unpaired) electrons. The van der Waals surface area contributed by atoms with Crippen molar-refractivity contribution in [1.29, 1.82) is 0 Å². The summed E-state index contributed by atoms with van der Waals surface area (Å²) in [7, 11) is 1.63. The van der Waals surface area contributed by atoms with Gasteiger partial charge >= 0.3 is 0 Å². The molecule has 15 heavy (non-hydrogen) atoms. The van der Waals surface area contributed by atoms with Crippen LogP contribution in [0.25, 0.3) is 0 Å². The summed E-state index contributed by atoms with van der Waals surface area (Å²) < 4.78 is 4.94. The second-order valence-corrected chi connectivity index (χ2v) is 4.80. The molecule has 1 saturated heterocycles. The molecule has 1 aliphatic heterocycles. The summed E-state index contributed by atoms with van der Waals surface area (Å²) in [5.74, 6) is 0. The Labute approximate surface area is 93.4 Å². The Morgan fingerprint density at radius 2 is 2.07 bits per heavy atom. The topological polar surface area (TPSA) is 32.7 Å². The van der Waals surface area contributed by atoms with E-state index in [2.05, 4.69) is 18.7 Å². The lowest BCUT2D eigenvalue weighted by Gasteiger charge is -2.27. The predicted octanol–water partition coefficient (Wildman–Crippen LogP) is 1.51. The lowest BCUT2D eigenvalue weighted by Crippen LogP contribution is -2.34. The lowest BCUT2D eigenvalue weighted by molar-refractivity contribution is 0.0401. The Hall–Kier alpha value is -0.120. The molecule has 0 spiro atoms. The third-order valence-corrected chi connectivity index (χ3v) is 3.85. The smallest absolute Gasteiger partial charge is 0.0900 e. The molecule has 1 unspecified atom stereocenters. The standard InChI is InChI=1S/C12H25NO2/c1-4-12(5-2)6-7-13(10-12)8-11(14)9-15-3/h11,14H,4-10H2,1-3H3. The van der Waals surface area contributed by atoms with Crippen LogP contribution < -0.4 is 0 Å². The minimum atomic E-state index is -0.334. The van der Waals surface area contributed by atoms with Crippen LogP contribution in [0, 0.1) is 5.41 Å². The maximum absolute atomic E-state index is 9.66. The number of β-amino-alcohol motifs (C(OH)–C–C–N with tert-alkyl or cyclic N) is 1. The van der Waals surface area contributed by atoms with E-state index in [1.54, 1.807) is 7.11 Å². The molecular weight excluding hydrogens is 190 g/mol. The van der Waals surface area contributed by atoms with E-state index in [4.69, 9.17) is 4.74 Å². The molecule has 3 heteroatoms. The van der Waals surface area contributed by atoms with E-state index in [9.17, 15) is 5.11 Å². The second kappa shape index (κ2) is 5.83. The van der Waals surface area contributed by atoms with Crippen LogP contribution in [0.15, 0.2) is 0 Å². The van der Waals surface area contributed by atoms with Gasteiger partial charge in [-0.05, 0) is 31.2 Å². The van der Waals surface area contributed by atoms with Crippen molar-refractivity contribution in [3.63, 3.8) is 0 Å². The van der Waals surface area contributed by atoms with Crippen molar-refractivity contribution >= 4 is 0 Å². The third kappa shape index (κ3) is 3.44. The summed E-state index contributed by atoms with van der Waals surface area (Å²) in [6.07, 6.45) is 3.44. The third-order valence-electron chi connectivity index (χ3n) is 3.85. The van der Waals surface area contributed by atoms with E-state index in [-0.39, 0.29) is 6.10 Å². The Balaban J connectivity index is 2.35. The number of aliphatic hydroxyl groups excluding tert-OH is 1. The molecular formula is C12H25NO2. The highest BCUT2D eigenvalue weighted by Crippen LogP contribution is 2.36. The fourth-order valence-electron chi connectivity index (χ4n) is 2.55. The van der Waals surface area contributed by atoms with Gasteiger partial charge in [0, 0.05) is 20.2 Å². The number of aliphatic hydroxyl groups is 1. The molecule has 0 saturated carbocycles. The number of hydrogen-bond donors (Lipinski definition) is 1. The normalized spacial score (nSPS) is 23.2. The SMILES string of the molecule is CCC1(CC)CCN(CC(O)COC)C1. The summed E-state index contributed by atoms with van der Waals surface area (Å²) >= 11 is 0. The van der Waals surface area contributed by atoms with Gasteiger partial charge in [-0.1, -0.05) is 13.8 Å². The van der Waals surface area contributed by atoms with Crippen molar-refractivity contribution in [2.24, 2.45) is 5.41 Å². The van der Waals surface area contributed by atoms with Gasteiger partial charge in [0.2, 0.25) is 0 Å². The van der Waals surface area contributed by atoms with Gasteiger partial charge in [0.1, 0.15) is 0 Å². The van der Waals surface area contributed by atoms with Crippen molar-refractivity contribution in [3.8, 4) is 0 Å². The van der Waals surface area contributed by atoms with Crippen LogP contribution in [-0.4, -0.2) is 49.5 Å². The minimum absolute atomic E-state index is 0.334. The van der Waals surface area contributed by atoms with Gasteiger partial charge < -0.3 is 14.7 Å². The van der Waals surface area contributed by atoms with Gasteiger partial charge in [-0.3, -0.25) is 0 Å². The molecule has 0 amide bonds. The second-order valence-electron chi connectivity index (χ2n) is 4.80. The van der Waals surface area contributed by atoms with Gasteiger partial charge in [-0.2, -0.15) is 0 Å². The molecule has 1 fully saturated rings. The lowest BCUT2D eigenvalue weighted by atomic mass is 9.82. The molecule has 90 valence electrons. The zero-order chi connectivity index (χ0) is 11.3. The zero-order valence-electron chi connectivity index (χ0n) is 10.3. The van der Waals surface area contributed by atoms with Crippen molar-refractivity contribution < 1.29 is 9.84 Å². The molecule has 0 aliphatic carbocycles. The summed E-state index contributed by atoms with van der Waals surface area (Å²) in [6.45, 7) is 8.03. The Morgan fingerprint density at radius 3 is 2.53 bits per heavy atom. The van der Waals surface area contributed by atoms with Crippen LogP contribution >= 0.6 is 0 Å². The number of methoxy groups -OCH3 is 1. The average Bonchev–Trinajstić information content (AvgIpc) is 2.63. The number of hydrogen-bond acceptors (Lipinski definition) is 3. The van der Waals surface area contributed by atoms with Gasteiger partial charge in [-0.15, -0.1) is 0 Å². The first kappa shape index (κ1) is 12.9. The maximum Gasteiger partial charge on any atom is 0.0900 e. The van der Waals surface area contributed by atoms with Crippen molar-refractivity contribution in [1.82, 2.24) is 4.90 Å². The Kier molecular flexibility index (Phi) is 5.03. The Morgan fingerprint density at radius 1 is 1.40 bits per heavy atom. The monoisotopic (exact) mass is 215 g/mol. The van der Waals surface area contributed by atoms with E-state index in [0.717, 1.165) is 19.6 Å². The molecule has 0 aromatic carbocycles. The molecule has 1 aliphatic rings. The summed E-state index contributed by atoms with van der Waals surface area (Å²) in [4.78, 5) is 2.37. The summed E-state index contributed by atoms with van der Waals surface area (Å²) in [6, 6.07) is 0. The fraction of sp³-hybridized carbons (Fsp3) is 1.00. The van der Waals surface area contributed by atoms with Crippen LogP contribution in [0.4, 0.5) is 0 Å². The highest BCUT2D eigenvalue weighted by Gasteiger charge is 2.35. The number of rotatable bonds is 6. The molecule has 1 heterocycles. The number of nitrogens with zero attached hydrogens (tertiary/aromatic N) is 1. The number of ether oxygens (including phenoxy) is 1. The molecule has 1 N–H and O–H groups in total. The highest BCUT2D eigenvalue weighted by atomic mass is 16.5. The van der Waals surface area contributed by atoms with Crippen molar-refractivity contribution in [2.75, 3.05) is 33.4 Å². The highest BCUT2D eigenvalue weighted by molar-refractivity contribution is 4.88. The van der Waals surface area contributed by atoms with Crippen molar-refractivity contribution in [2.45, 2.75) is 39.2 Å². The molecule has 1 atom stereocenters. The van der Waals surface area contributed by atoms with Crippen LogP contribution in [0.5, 0.6) is 0 Å². The summed E-state index contributed by atoms with van der Waals surface area (Å²) in [5.41, 5.74) is 0.507. The first-order chi connectivity index (χ1) is 7.15. The maximum atomic E-state index is 9.66. The van der Waals surface area contributed by atoms with E-state index in [0.29, 0.717) is 12.0 Å². The minimum Gasteiger partial charge on any atom is -0.389 e. The molecule has 0 aromatic heterocycles. The van der Waals surface area contributed by atoms with Crippen LogP contribution in [0.1, 0.15) is 33.1 Å². The van der Waals surface area contributed by atoms with E-state index < -0.39 is 0 Å². The molecule has 3 nitrogen and oxygen atoms in total. The summed E-state index contributed by atoms with van der Waals surface area (Å²) in [5, 5.41) is 9.66. The van der Waals surface area contributed by atoms with Gasteiger partial charge in [-0.25, -0.2) is 0 Å². The van der Waals surface area contributed by atoms with E-state index in [1.807, 2.05) is 0 Å². The quantitative estimate of drug-likeness (QED) is 0.729. The average molecular weight is 215 g/mol. The molecule has 1 rings (SSSR count). The molecule has 0 aromatic rings. The van der Waals surface area contributed by atoms with Crippen LogP contribution in [0.3, 0.4) is 0 Å². The van der Waals surface area contributed by atoms with Gasteiger partial charge in [0.15, 0.2) is 0 Å². The largest absolute Gasteiger partial charge is 0.389 e. The number of likely N-dealkylation sites (tertiary alicyclic amines) is 1. The Bertz CT molecular complexity index is 180. The van der Waals surface area contributed by atoms with E-state index >= 15 is 0 Å². The van der Waals surface area contributed by atoms with Crippen molar-refractivity contribution in [3.05, 3.63) is 0 Å². The predicted molar refractivity (Wildman–Crippen MR) is 62.0 cm³/mol. The first-order valence-electron chi connectivity index (χ1n) is 6.05. The first-order valence-corrected chi connectivity index (χ1v) is 6.05. The van der Waals surface area contributed by atoms with Crippen LogP contribution in [0.2, 0.25) is 0 Å². The zero-order valence-corrected chi connectivity index (χ0v) is 10.3. The van der Waals surface area contributed by atoms with Gasteiger partial charge in [0.05, 0.1) is 12.7 Å².